The summed E-state index contributed by atoms with van der Waals surface area (Å²) < 4.78 is 12.5. The molecule has 1 aromatic rings. The number of carbonyl (C=O) groups is 1. The first-order valence-electron chi connectivity index (χ1n) is 3.52. The fraction of sp³-hybridized carbons (Fsp3) is 0.125. The Labute approximate surface area is 74.0 Å². The second-order valence-electron chi connectivity index (χ2n) is 2.19. The number of amides is 1. The van der Waals surface area contributed by atoms with E-state index in [2.05, 4.69) is 10.3 Å². The van der Waals surface area contributed by atoms with Gasteiger partial charge in [0, 0.05) is 0 Å². The van der Waals surface area contributed by atoms with Crippen molar-refractivity contribution in [3.05, 3.63) is 29.8 Å². The predicted molar refractivity (Wildman–Crippen MR) is 42.1 cm³/mol. The number of carbonyl (C=O) groups excluding carboxylic acids is 1. The zero-order chi connectivity index (χ0) is 9.68. The van der Waals surface area contributed by atoms with Gasteiger partial charge in [0.2, 0.25) is 5.95 Å². The molecule has 1 amide bonds. The second kappa shape index (κ2) is 4.16. The van der Waals surface area contributed by atoms with Crippen LogP contribution in [0.25, 0.3) is 0 Å². The highest BCUT2D eigenvalue weighted by molar-refractivity contribution is 5.92. The van der Waals surface area contributed by atoms with Gasteiger partial charge >= 0.3 is 0 Å². The van der Waals surface area contributed by atoms with Crippen LogP contribution in [0, 0.1) is 17.3 Å². The molecule has 0 bridgehead atoms. The molecule has 0 saturated carbocycles. The fourth-order valence-electron chi connectivity index (χ4n) is 0.745. The van der Waals surface area contributed by atoms with Gasteiger partial charge in [-0.1, -0.05) is 6.07 Å². The molecule has 0 aliphatic carbocycles. The molecular weight excluding hydrogens is 173 g/mol. The van der Waals surface area contributed by atoms with Gasteiger partial charge < -0.3 is 5.32 Å². The van der Waals surface area contributed by atoms with E-state index in [1.807, 2.05) is 0 Å². The number of halogens is 1. The molecular formula is C8H6FN3O. The van der Waals surface area contributed by atoms with Crippen molar-refractivity contribution in [1.82, 2.24) is 10.3 Å². The zero-order valence-electron chi connectivity index (χ0n) is 6.62. The van der Waals surface area contributed by atoms with Gasteiger partial charge in [0.05, 0.1) is 6.07 Å². The summed E-state index contributed by atoms with van der Waals surface area (Å²) in [6.45, 7) is -0.114. The lowest BCUT2D eigenvalue weighted by Crippen LogP contribution is -2.24. The maximum Gasteiger partial charge on any atom is 0.270 e. The van der Waals surface area contributed by atoms with Crippen molar-refractivity contribution in [1.29, 1.82) is 5.26 Å². The molecule has 0 radical (unpaired) electrons. The Morgan fingerprint density at radius 2 is 2.46 bits per heavy atom. The van der Waals surface area contributed by atoms with E-state index in [-0.39, 0.29) is 12.2 Å². The highest BCUT2D eigenvalue weighted by Gasteiger charge is 2.05. The van der Waals surface area contributed by atoms with E-state index in [0.717, 1.165) is 6.07 Å². The zero-order valence-corrected chi connectivity index (χ0v) is 6.62. The van der Waals surface area contributed by atoms with E-state index < -0.39 is 11.9 Å². The average molecular weight is 179 g/mol. The lowest BCUT2D eigenvalue weighted by atomic mass is 10.3. The lowest BCUT2D eigenvalue weighted by Gasteiger charge is -1.98. The summed E-state index contributed by atoms with van der Waals surface area (Å²) in [6.07, 6.45) is 0. The second-order valence-corrected chi connectivity index (χ2v) is 2.19. The Morgan fingerprint density at radius 3 is 3.08 bits per heavy atom. The quantitative estimate of drug-likeness (QED) is 0.530. The van der Waals surface area contributed by atoms with Crippen molar-refractivity contribution < 1.29 is 9.18 Å². The third-order valence-corrected chi connectivity index (χ3v) is 1.28. The normalized spacial score (nSPS) is 8.92. The van der Waals surface area contributed by atoms with Gasteiger partial charge in [-0.2, -0.15) is 9.65 Å². The molecule has 66 valence electrons. The average Bonchev–Trinajstić information content (AvgIpc) is 2.14. The van der Waals surface area contributed by atoms with Gasteiger partial charge in [0.25, 0.3) is 5.91 Å². The summed E-state index contributed by atoms with van der Waals surface area (Å²) in [6, 6.07) is 5.62. The Kier molecular flexibility index (Phi) is 2.92. The first-order chi connectivity index (χ1) is 6.24. The molecule has 0 spiro atoms. The molecule has 0 atom stereocenters. The van der Waals surface area contributed by atoms with Crippen LogP contribution in [0.15, 0.2) is 18.2 Å². The molecule has 1 N–H and O–H groups in total. The number of nitrogens with one attached hydrogen (secondary N) is 1. The molecule has 0 aliphatic rings. The molecule has 0 unspecified atom stereocenters. The number of hydrogen-bond acceptors (Lipinski definition) is 3. The molecule has 1 rings (SSSR count). The van der Waals surface area contributed by atoms with Crippen LogP contribution in [0.3, 0.4) is 0 Å². The largest absolute Gasteiger partial charge is 0.338 e. The van der Waals surface area contributed by atoms with Crippen molar-refractivity contribution in [2.24, 2.45) is 0 Å². The number of pyridine rings is 1. The molecule has 5 heteroatoms. The third-order valence-electron chi connectivity index (χ3n) is 1.28. The van der Waals surface area contributed by atoms with E-state index in [1.54, 1.807) is 6.07 Å². The van der Waals surface area contributed by atoms with Crippen LogP contribution in [0.4, 0.5) is 4.39 Å². The molecule has 0 fully saturated rings. The molecule has 1 aromatic heterocycles. The van der Waals surface area contributed by atoms with E-state index >= 15 is 0 Å². The summed E-state index contributed by atoms with van der Waals surface area (Å²) in [5.74, 6) is -1.27. The van der Waals surface area contributed by atoms with Crippen LogP contribution >= 0.6 is 0 Å². The van der Waals surface area contributed by atoms with Gasteiger partial charge in [-0.15, -0.1) is 0 Å². The Bertz CT molecular complexity index is 359. The minimum absolute atomic E-state index is 0.0322. The van der Waals surface area contributed by atoms with Crippen molar-refractivity contribution in [2.45, 2.75) is 0 Å². The van der Waals surface area contributed by atoms with Crippen LogP contribution in [-0.2, 0) is 0 Å². The van der Waals surface area contributed by atoms with E-state index in [4.69, 9.17) is 5.26 Å². The third kappa shape index (κ3) is 2.52. The summed E-state index contributed by atoms with van der Waals surface area (Å²) >= 11 is 0. The van der Waals surface area contributed by atoms with Crippen LogP contribution < -0.4 is 5.32 Å². The van der Waals surface area contributed by atoms with Crippen molar-refractivity contribution in [2.75, 3.05) is 6.54 Å². The number of nitrogens with zero attached hydrogens (tertiary/aromatic N) is 2. The van der Waals surface area contributed by atoms with E-state index in [0.29, 0.717) is 0 Å². The molecule has 13 heavy (non-hydrogen) atoms. The number of nitriles is 1. The van der Waals surface area contributed by atoms with Crippen molar-refractivity contribution in [3.63, 3.8) is 0 Å². The summed E-state index contributed by atoms with van der Waals surface area (Å²) in [5, 5.41) is 10.4. The molecule has 0 aliphatic heterocycles. The van der Waals surface area contributed by atoms with Gasteiger partial charge in [-0.05, 0) is 12.1 Å². The number of aromatic nitrogens is 1. The van der Waals surface area contributed by atoms with Gasteiger partial charge in [0.15, 0.2) is 0 Å². The molecule has 0 saturated heterocycles. The summed E-state index contributed by atoms with van der Waals surface area (Å²) in [5.41, 5.74) is -0.0322. The Hall–Kier alpha value is -1.96. The standard InChI is InChI=1S/C8H6FN3O/c9-7-3-1-2-6(12-7)8(13)11-5-4-10/h1-3H,5H2,(H,11,13). The van der Waals surface area contributed by atoms with Gasteiger partial charge in [-0.25, -0.2) is 4.98 Å². The fourth-order valence-corrected chi connectivity index (χ4v) is 0.745. The van der Waals surface area contributed by atoms with Crippen LogP contribution in [-0.4, -0.2) is 17.4 Å². The topological polar surface area (TPSA) is 65.8 Å². The lowest BCUT2D eigenvalue weighted by molar-refractivity contribution is 0.0952. The Morgan fingerprint density at radius 1 is 1.69 bits per heavy atom. The van der Waals surface area contributed by atoms with Gasteiger partial charge in [-0.3, -0.25) is 4.79 Å². The van der Waals surface area contributed by atoms with Crippen molar-refractivity contribution in [3.8, 4) is 6.07 Å². The first kappa shape index (κ1) is 9.13. The SMILES string of the molecule is N#CCNC(=O)c1cccc(F)n1. The summed E-state index contributed by atoms with van der Waals surface area (Å²) in [4.78, 5) is 14.4. The number of hydrogen-bond donors (Lipinski definition) is 1. The summed E-state index contributed by atoms with van der Waals surface area (Å²) in [7, 11) is 0. The van der Waals surface area contributed by atoms with E-state index in [9.17, 15) is 9.18 Å². The predicted octanol–water partition coefficient (Wildman–Crippen LogP) is 0.474. The molecule has 0 aromatic carbocycles. The highest BCUT2D eigenvalue weighted by Crippen LogP contribution is 1.96. The minimum Gasteiger partial charge on any atom is -0.338 e. The smallest absolute Gasteiger partial charge is 0.270 e. The highest BCUT2D eigenvalue weighted by atomic mass is 19.1. The first-order valence-corrected chi connectivity index (χ1v) is 3.52. The van der Waals surface area contributed by atoms with Crippen LogP contribution in [0.5, 0.6) is 0 Å². The minimum atomic E-state index is -0.718. The van der Waals surface area contributed by atoms with Gasteiger partial charge in [0.1, 0.15) is 12.2 Å². The van der Waals surface area contributed by atoms with Crippen LogP contribution in [0.2, 0.25) is 0 Å². The van der Waals surface area contributed by atoms with Crippen LogP contribution in [0.1, 0.15) is 10.5 Å². The number of rotatable bonds is 2. The maximum atomic E-state index is 12.5. The molecule has 1 heterocycles. The molecule has 4 nitrogen and oxygen atoms in total. The van der Waals surface area contributed by atoms with E-state index in [1.165, 1.54) is 12.1 Å². The van der Waals surface area contributed by atoms with Crippen molar-refractivity contribution >= 4 is 5.91 Å². The Balaban J connectivity index is 2.72. The monoisotopic (exact) mass is 179 g/mol. The maximum absolute atomic E-state index is 12.5.